The van der Waals surface area contributed by atoms with Gasteiger partial charge in [0.1, 0.15) is 11.2 Å². The lowest BCUT2D eigenvalue weighted by atomic mass is 10.1. The third kappa shape index (κ3) is 2.26. The molecule has 2 nitrogen and oxygen atoms in total. The third-order valence-electron chi connectivity index (χ3n) is 5.82. The highest BCUT2D eigenvalue weighted by atomic mass is 28.2. The Labute approximate surface area is 164 Å². The van der Waals surface area contributed by atoms with E-state index in [1.807, 2.05) is 12.1 Å². The zero-order valence-electron chi connectivity index (χ0n) is 15.6. The van der Waals surface area contributed by atoms with Crippen LogP contribution in [0.2, 0.25) is 0 Å². The van der Waals surface area contributed by atoms with Crippen molar-refractivity contribution in [2.75, 3.05) is 0 Å². The monoisotopic (exact) mass is 377 g/mol. The molecule has 0 saturated heterocycles. The van der Waals surface area contributed by atoms with Gasteiger partial charge in [0.2, 0.25) is 0 Å². The number of aryl methyl sites for hydroxylation is 1. The fraction of sp³-hybridized carbons (Fsp3) is 0.0400. The first-order valence-electron chi connectivity index (χ1n) is 9.64. The molecule has 3 heteroatoms. The molecule has 6 aromatic rings. The van der Waals surface area contributed by atoms with Crippen LogP contribution < -0.4 is 10.4 Å². The zero-order valence-corrected chi connectivity index (χ0v) is 17.1. The van der Waals surface area contributed by atoms with Crippen molar-refractivity contribution >= 4 is 63.6 Å². The molecule has 28 heavy (non-hydrogen) atoms. The number of para-hydroxylation sites is 1. The summed E-state index contributed by atoms with van der Waals surface area (Å²) >= 11 is 0. The molecule has 134 valence electrons. The van der Waals surface area contributed by atoms with Crippen LogP contribution in [0.25, 0.3) is 43.7 Å². The van der Waals surface area contributed by atoms with Crippen LogP contribution in [0.1, 0.15) is 0 Å². The second-order valence-corrected chi connectivity index (χ2v) is 9.52. The normalized spacial score (nSPS) is 12.3. The van der Waals surface area contributed by atoms with Crippen LogP contribution in [-0.4, -0.2) is 14.1 Å². The van der Waals surface area contributed by atoms with Crippen LogP contribution >= 0.6 is 0 Å². The van der Waals surface area contributed by atoms with Crippen LogP contribution in [0.5, 0.6) is 0 Å². The first-order valence-corrected chi connectivity index (χ1v) is 11.1. The maximum atomic E-state index is 6.14. The summed E-state index contributed by atoms with van der Waals surface area (Å²) in [6, 6.07) is 30.6. The Bertz CT molecular complexity index is 1490. The number of hydrogen-bond acceptors (Lipinski definition) is 1. The van der Waals surface area contributed by atoms with Crippen molar-refractivity contribution in [2.45, 2.75) is 0 Å². The highest BCUT2D eigenvalue weighted by Crippen LogP contribution is 2.35. The summed E-state index contributed by atoms with van der Waals surface area (Å²) in [6.45, 7) is 0. The largest absolute Gasteiger partial charge is 0.456 e. The number of benzene rings is 4. The van der Waals surface area contributed by atoms with E-state index in [-0.39, 0.29) is 0 Å². The highest BCUT2D eigenvalue weighted by Gasteiger charge is 2.14. The number of rotatable bonds is 2. The number of hydrogen-bond donors (Lipinski definition) is 0. The van der Waals surface area contributed by atoms with Gasteiger partial charge >= 0.3 is 0 Å². The Hall–Kier alpha value is -3.30. The van der Waals surface area contributed by atoms with Crippen molar-refractivity contribution < 1.29 is 4.42 Å². The summed E-state index contributed by atoms with van der Waals surface area (Å²) in [6.07, 6.45) is 0. The number of furan rings is 1. The summed E-state index contributed by atoms with van der Waals surface area (Å²) in [7, 11) is 1.69. The second-order valence-electron chi connectivity index (χ2n) is 7.54. The van der Waals surface area contributed by atoms with Crippen LogP contribution in [-0.2, 0) is 7.05 Å². The molecule has 0 N–H and O–H groups in total. The van der Waals surface area contributed by atoms with Gasteiger partial charge in [-0.3, -0.25) is 0 Å². The van der Waals surface area contributed by atoms with Gasteiger partial charge in [0.25, 0.3) is 0 Å². The summed E-state index contributed by atoms with van der Waals surface area (Å²) in [5, 5.41) is 7.90. The molecule has 0 amide bonds. The predicted octanol–water partition coefficient (Wildman–Crippen LogP) is 4.35. The SMILES string of the molecule is Cn1c2ccc([SiH2]c3ccccc3)cc2c2cc3oc4ccccc4c3cc21. The third-order valence-corrected chi connectivity index (χ3v) is 7.55. The molecule has 0 atom stereocenters. The van der Waals surface area contributed by atoms with Crippen molar-refractivity contribution in [1.29, 1.82) is 0 Å². The number of aromatic nitrogens is 1. The molecule has 0 unspecified atom stereocenters. The Morgan fingerprint density at radius 2 is 1.39 bits per heavy atom. The van der Waals surface area contributed by atoms with Gasteiger partial charge < -0.3 is 8.98 Å². The highest BCUT2D eigenvalue weighted by molar-refractivity contribution is 6.67. The van der Waals surface area contributed by atoms with Crippen molar-refractivity contribution in [3.63, 3.8) is 0 Å². The first-order chi connectivity index (χ1) is 13.8. The van der Waals surface area contributed by atoms with Gasteiger partial charge in [-0.25, -0.2) is 0 Å². The molecule has 0 fully saturated rings. The van der Waals surface area contributed by atoms with E-state index in [0.717, 1.165) is 11.2 Å². The minimum Gasteiger partial charge on any atom is -0.456 e. The standard InChI is InChI=1S/C25H19NOSi/c1-26-22-12-11-17(28-16-7-3-2-4-8-16)13-19(22)20-15-25-21(14-23(20)26)18-9-5-6-10-24(18)27-25/h2-15H,28H2,1H3. The second kappa shape index (κ2) is 5.85. The van der Waals surface area contributed by atoms with Gasteiger partial charge in [-0.1, -0.05) is 71.0 Å². The summed E-state index contributed by atoms with van der Waals surface area (Å²) in [5.41, 5.74) is 4.45. The molecule has 4 aromatic carbocycles. The van der Waals surface area contributed by atoms with Crippen molar-refractivity contribution in [3.05, 3.63) is 84.9 Å². The summed E-state index contributed by atoms with van der Waals surface area (Å²) in [4.78, 5) is 0. The van der Waals surface area contributed by atoms with E-state index >= 15 is 0 Å². The van der Waals surface area contributed by atoms with E-state index in [0.29, 0.717) is 0 Å². The molecular formula is C25H19NOSi. The number of nitrogens with zero attached hydrogens (tertiary/aromatic N) is 1. The molecule has 0 aliphatic heterocycles. The molecule has 6 rings (SSSR count). The number of fused-ring (bicyclic) bond motifs is 6. The van der Waals surface area contributed by atoms with Gasteiger partial charge in [0.15, 0.2) is 0 Å². The molecule has 0 aliphatic carbocycles. The van der Waals surface area contributed by atoms with Crippen LogP contribution in [0.15, 0.2) is 89.3 Å². The van der Waals surface area contributed by atoms with Gasteiger partial charge in [0.05, 0.1) is 9.52 Å². The molecule has 2 aromatic heterocycles. The Kier molecular flexibility index (Phi) is 3.28. The molecule has 0 saturated carbocycles. The summed E-state index contributed by atoms with van der Waals surface area (Å²) in [5.74, 6) is 0. The van der Waals surface area contributed by atoms with Crippen LogP contribution in [0, 0.1) is 0 Å². The van der Waals surface area contributed by atoms with Gasteiger partial charge in [0, 0.05) is 39.6 Å². The van der Waals surface area contributed by atoms with E-state index < -0.39 is 9.52 Å². The molecule has 2 heterocycles. The lowest BCUT2D eigenvalue weighted by Crippen LogP contribution is -2.26. The van der Waals surface area contributed by atoms with Gasteiger partial charge in [-0.2, -0.15) is 0 Å². The van der Waals surface area contributed by atoms with Gasteiger partial charge in [-0.15, -0.1) is 0 Å². The molecule has 0 bridgehead atoms. The van der Waals surface area contributed by atoms with E-state index in [1.54, 1.807) is 0 Å². The zero-order chi connectivity index (χ0) is 18.7. The summed E-state index contributed by atoms with van der Waals surface area (Å²) < 4.78 is 8.45. The molecular weight excluding hydrogens is 358 g/mol. The quantitative estimate of drug-likeness (QED) is 0.410. The van der Waals surface area contributed by atoms with Crippen LogP contribution in [0.4, 0.5) is 0 Å². The van der Waals surface area contributed by atoms with E-state index in [9.17, 15) is 0 Å². The van der Waals surface area contributed by atoms with Gasteiger partial charge in [-0.05, 0) is 24.3 Å². The molecule has 0 radical (unpaired) electrons. The molecule has 0 aliphatic rings. The van der Waals surface area contributed by atoms with Crippen LogP contribution in [0.3, 0.4) is 0 Å². The minimum atomic E-state index is -0.473. The average Bonchev–Trinajstić information content (AvgIpc) is 3.23. The minimum absolute atomic E-state index is 0.473. The van der Waals surface area contributed by atoms with Crippen molar-refractivity contribution in [3.8, 4) is 0 Å². The maximum Gasteiger partial charge on any atom is 0.136 e. The fourth-order valence-electron chi connectivity index (χ4n) is 4.42. The van der Waals surface area contributed by atoms with Crippen molar-refractivity contribution in [2.24, 2.45) is 7.05 Å². The topological polar surface area (TPSA) is 18.1 Å². The lowest BCUT2D eigenvalue weighted by molar-refractivity contribution is 0.669. The average molecular weight is 378 g/mol. The Balaban J connectivity index is 1.61. The Morgan fingerprint density at radius 1 is 0.607 bits per heavy atom. The smallest absolute Gasteiger partial charge is 0.136 e. The predicted molar refractivity (Wildman–Crippen MR) is 122 cm³/mol. The van der Waals surface area contributed by atoms with E-state index in [4.69, 9.17) is 4.42 Å². The fourth-order valence-corrected chi connectivity index (χ4v) is 5.94. The van der Waals surface area contributed by atoms with Crippen molar-refractivity contribution in [1.82, 2.24) is 4.57 Å². The molecule has 0 spiro atoms. The Morgan fingerprint density at radius 3 is 2.29 bits per heavy atom. The van der Waals surface area contributed by atoms with E-state index in [1.165, 1.54) is 43.0 Å². The first kappa shape index (κ1) is 15.7. The lowest BCUT2D eigenvalue weighted by Gasteiger charge is -2.02. The maximum absolute atomic E-state index is 6.14. The van der Waals surface area contributed by atoms with E-state index in [2.05, 4.69) is 84.4 Å².